The summed E-state index contributed by atoms with van der Waals surface area (Å²) in [6.45, 7) is 4.46. The molecule has 1 aliphatic rings. The Morgan fingerprint density at radius 1 is 1.33 bits per heavy atom. The quantitative estimate of drug-likeness (QED) is 0.798. The van der Waals surface area contributed by atoms with Crippen molar-refractivity contribution in [3.63, 3.8) is 0 Å². The predicted molar refractivity (Wildman–Crippen MR) is 63.5 cm³/mol. The molecule has 2 N–H and O–H groups in total. The van der Waals surface area contributed by atoms with Crippen molar-refractivity contribution in [1.82, 2.24) is 4.90 Å². The summed E-state index contributed by atoms with van der Waals surface area (Å²) in [6, 6.07) is 11.5. The lowest BCUT2D eigenvalue weighted by Crippen LogP contribution is -2.49. The van der Waals surface area contributed by atoms with E-state index in [1.165, 1.54) is 24.9 Å². The number of piperidine rings is 1. The molecule has 1 saturated heterocycles. The fourth-order valence-corrected chi connectivity index (χ4v) is 2.29. The molecule has 0 bridgehead atoms. The minimum atomic E-state index is 0.350. The first-order valence-electron chi connectivity index (χ1n) is 5.81. The molecule has 0 aliphatic carbocycles. The smallest absolute Gasteiger partial charge is 0.0237 e. The first-order valence-corrected chi connectivity index (χ1v) is 5.81. The molecule has 1 fully saturated rings. The van der Waals surface area contributed by atoms with Crippen molar-refractivity contribution in [2.24, 2.45) is 5.73 Å². The van der Waals surface area contributed by atoms with Crippen molar-refractivity contribution >= 4 is 0 Å². The van der Waals surface area contributed by atoms with Crippen molar-refractivity contribution < 1.29 is 0 Å². The maximum atomic E-state index is 6.08. The van der Waals surface area contributed by atoms with Crippen molar-refractivity contribution in [2.75, 3.05) is 6.54 Å². The van der Waals surface area contributed by atoms with Gasteiger partial charge in [-0.25, -0.2) is 0 Å². The Bertz CT molecular complexity index is 297. The minimum Gasteiger partial charge on any atom is -0.326 e. The molecule has 1 aliphatic heterocycles. The van der Waals surface area contributed by atoms with Gasteiger partial charge in [0.2, 0.25) is 0 Å². The lowest BCUT2D eigenvalue weighted by atomic mass is 9.98. The van der Waals surface area contributed by atoms with E-state index >= 15 is 0 Å². The van der Waals surface area contributed by atoms with Crippen LogP contribution in [0, 0.1) is 0 Å². The Labute approximate surface area is 92.1 Å². The van der Waals surface area contributed by atoms with E-state index in [1.807, 2.05) is 0 Å². The van der Waals surface area contributed by atoms with Crippen molar-refractivity contribution in [1.29, 1.82) is 0 Å². The normalized spacial score (nSPS) is 27.9. The second-order valence-corrected chi connectivity index (χ2v) is 4.50. The standard InChI is InChI=1S/C13H20N2/c1-11-13(14)8-5-9-15(11)10-12-6-3-2-4-7-12/h2-4,6-7,11,13H,5,8-10,14H2,1H3/t11-,13+/m1/s1. The lowest BCUT2D eigenvalue weighted by molar-refractivity contribution is 0.133. The van der Waals surface area contributed by atoms with Gasteiger partial charge in [-0.3, -0.25) is 4.90 Å². The molecule has 0 saturated carbocycles. The van der Waals surface area contributed by atoms with Crippen molar-refractivity contribution in [2.45, 2.75) is 38.4 Å². The van der Waals surface area contributed by atoms with Crippen molar-refractivity contribution in [3.8, 4) is 0 Å². The zero-order valence-corrected chi connectivity index (χ0v) is 9.39. The van der Waals surface area contributed by atoms with E-state index in [4.69, 9.17) is 5.73 Å². The highest BCUT2D eigenvalue weighted by Gasteiger charge is 2.24. The van der Waals surface area contributed by atoms with Crippen LogP contribution in [0.15, 0.2) is 30.3 Å². The monoisotopic (exact) mass is 204 g/mol. The van der Waals surface area contributed by atoms with E-state index < -0.39 is 0 Å². The molecule has 0 unspecified atom stereocenters. The van der Waals surface area contributed by atoms with Gasteiger partial charge >= 0.3 is 0 Å². The molecule has 2 atom stereocenters. The molecule has 15 heavy (non-hydrogen) atoms. The van der Waals surface area contributed by atoms with Crippen LogP contribution in [-0.2, 0) is 6.54 Å². The summed E-state index contributed by atoms with van der Waals surface area (Å²) in [6.07, 6.45) is 2.41. The van der Waals surface area contributed by atoms with E-state index in [1.54, 1.807) is 0 Å². The molecule has 1 heterocycles. The Morgan fingerprint density at radius 2 is 2.07 bits per heavy atom. The summed E-state index contributed by atoms with van der Waals surface area (Å²) in [5.74, 6) is 0. The van der Waals surface area contributed by atoms with Crippen LogP contribution in [0.4, 0.5) is 0 Å². The van der Waals surface area contributed by atoms with E-state index in [0.717, 1.165) is 6.54 Å². The lowest BCUT2D eigenvalue weighted by Gasteiger charge is -2.37. The average molecular weight is 204 g/mol. The van der Waals surface area contributed by atoms with Crippen LogP contribution in [0.2, 0.25) is 0 Å². The molecule has 0 spiro atoms. The number of hydrogen-bond donors (Lipinski definition) is 1. The molecule has 2 rings (SSSR count). The molecule has 1 aromatic rings. The average Bonchev–Trinajstić information content (AvgIpc) is 2.26. The molecule has 82 valence electrons. The third-order valence-electron chi connectivity index (χ3n) is 3.41. The van der Waals surface area contributed by atoms with Gasteiger partial charge in [0.15, 0.2) is 0 Å². The Kier molecular flexibility index (Phi) is 3.39. The molecule has 1 aromatic carbocycles. The van der Waals surface area contributed by atoms with Crippen LogP contribution in [0.3, 0.4) is 0 Å². The minimum absolute atomic E-state index is 0.350. The summed E-state index contributed by atoms with van der Waals surface area (Å²) in [7, 11) is 0. The fourth-order valence-electron chi connectivity index (χ4n) is 2.29. The second-order valence-electron chi connectivity index (χ2n) is 4.50. The molecule has 0 aromatic heterocycles. The van der Waals surface area contributed by atoms with Gasteiger partial charge in [0, 0.05) is 18.6 Å². The van der Waals surface area contributed by atoms with Crippen LogP contribution in [0.25, 0.3) is 0 Å². The highest BCUT2D eigenvalue weighted by Crippen LogP contribution is 2.18. The highest BCUT2D eigenvalue weighted by atomic mass is 15.2. The fraction of sp³-hybridized carbons (Fsp3) is 0.538. The van der Waals surface area contributed by atoms with Gasteiger partial charge in [-0.15, -0.1) is 0 Å². The summed E-state index contributed by atoms with van der Waals surface area (Å²) < 4.78 is 0. The van der Waals surface area contributed by atoms with Gasteiger partial charge in [0.25, 0.3) is 0 Å². The number of nitrogens with two attached hydrogens (primary N) is 1. The molecule has 2 heteroatoms. The Morgan fingerprint density at radius 3 is 2.80 bits per heavy atom. The zero-order valence-electron chi connectivity index (χ0n) is 9.39. The zero-order chi connectivity index (χ0) is 10.7. The van der Waals surface area contributed by atoms with Gasteiger partial charge in [0.1, 0.15) is 0 Å². The number of nitrogens with zero attached hydrogens (tertiary/aromatic N) is 1. The predicted octanol–water partition coefficient (Wildman–Crippen LogP) is 2.00. The largest absolute Gasteiger partial charge is 0.326 e. The van der Waals surface area contributed by atoms with Crippen LogP contribution < -0.4 is 5.73 Å². The number of benzene rings is 1. The molecule has 2 nitrogen and oxygen atoms in total. The van der Waals surface area contributed by atoms with Crippen LogP contribution in [0.5, 0.6) is 0 Å². The summed E-state index contributed by atoms with van der Waals surface area (Å²) in [5.41, 5.74) is 7.47. The van der Waals surface area contributed by atoms with Gasteiger partial charge < -0.3 is 5.73 Å². The number of rotatable bonds is 2. The third kappa shape index (κ3) is 2.58. The maximum absolute atomic E-state index is 6.08. The molecule has 0 amide bonds. The van der Waals surface area contributed by atoms with E-state index in [2.05, 4.69) is 42.2 Å². The first kappa shape index (κ1) is 10.7. The SMILES string of the molecule is C[C@@H]1[C@@H](N)CCCN1Cc1ccccc1. The van der Waals surface area contributed by atoms with Crippen molar-refractivity contribution in [3.05, 3.63) is 35.9 Å². The number of hydrogen-bond acceptors (Lipinski definition) is 2. The molecular weight excluding hydrogens is 184 g/mol. The number of likely N-dealkylation sites (tertiary alicyclic amines) is 1. The second kappa shape index (κ2) is 4.77. The maximum Gasteiger partial charge on any atom is 0.0237 e. The third-order valence-corrected chi connectivity index (χ3v) is 3.41. The topological polar surface area (TPSA) is 29.3 Å². The Hall–Kier alpha value is -0.860. The van der Waals surface area contributed by atoms with Gasteiger partial charge in [-0.2, -0.15) is 0 Å². The van der Waals surface area contributed by atoms with Crippen LogP contribution in [0.1, 0.15) is 25.3 Å². The molecular formula is C13H20N2. The van der Waals surface area contributed by atoms with Crippen LogP contribution in [-0.4, -0.2) is 23.5 Å². The summed E-state index contributed by atoms with van der Waals surface area (Å²) >= 11 is 0. The van der Waals surface area contributed by atoms with E-state index in [-0.39, 0.29) is 0 Å². The first-order chi connectivity index (χ1) is 7.27. The highest BCUT2D eigenvalue weighted by molar-refractivity contribution is 5.14. The summed E-state index contributed by atoms with van der Waals surface area (Å²) in [5, 5.41) is 0. The van der Waals surface area contributed by atoms with E-state index in [9.17, 15) is 0 Å². The van der Waals surface area contributed by atoms with Gasteiger partial charge in [0.05, 0.1) is 0 Å². The Balaban J connectivity index is 1.99. The molecule has 0 radical (unpaired) electrons. The van der Waals surface area contributed by atoms with E-state index in [0.29, 0.717) is 12.1 Å². The summed E-state index contributed by atoms with van der Waals surface area (Å²) in [4.78, 5) is 2.49. The van der Waals surface area contributed by atoms with Crippen LogP contribution >= 0.6 is 0 Å². The van der Waals surface area contributed by atoms with Gasteiger partial charge in [-0.1, -0.05) is 30.3 Å². The van der Waals surface area contributed by atoms with Gasteiger partial charge in [-0.05, 0) is 31.9 Å².